The van der Waals surface area contributed by atoms with Gasteiger partial charge in [0.2, 0.25) is 0 Å². The van der Waals surface area contributed by atoms with Gasteiger partial charge in [-0.3, -0.25) is 9.36 Å². The highest BCUT2D eigenvalue weighted by atomic mass is 16.2. The number of hydrogen-bond acceptors (Lipinski definition) is 4. The summed E-state index contributed by atoms with van der Waals surface area (Å²) in [5.74, 6) is 0. The lowest BCUT2D eigenvalue weighted by atomic mass is 9.92. The molecule has 1 aliphatic carbocycles. The highest BCUT2D eigenvalue weighted by Gasteiger charge is 2.18. The van der Waals surface area contributed by atoms with Crippen LogP contribution >= 0.6 is 0 Å². The average molecular weight is 266 g/mol. The van der Waals surface area contributed by atoms with Crippen LogP contribution in [0.2, 0.25) is 0 Å². The molecule has 6 heteroatoms. The van der Waals surface area contributed by atoms with E-state index in [0.717, 1.165) is 30.3 Å². The van der Waals surface area contributed by atoms with Crippen LogP contribution in [0, 0.1) is 0 Å². The summed E-state index contributed by atoms with van der Waals surface area (Å²) >= 11 is 0. The second kappa shape index (κ2) is 5.71. The van der Waals surface area contributed by atoms with E-state index in [0.29, 0.717) is 24.2 Å². The molecule has 1 heterocycles. The van der Waals surface area contributed by atoms with E-state index >= 15 is 0 Å². The Bertz CT molecular complexity index is 553. The van der Waals surface area contributed by atoms with E-state index in [2.05, 4.69) is 5.32 Å². The molecule has 1 aliphatic rings. The number of nitrogens with zero attached hydrogens (tertiary/aromatic N) is 2. The Morgan fingerprint density at radius 2 is 1.89 bits per heavy atom. The predicted molar refractivity (Wildman–Crippen MR) is 74.0 cm³/mol. The largest absolute Gasteiger partial charge is 0.330 e. The van der Waals surface area contributed by atoms with E-state index in [9.17, 15) is 9.59 Å². The fourth-order valence-electron chi connectivity index (χ4n) is 2.58. The van der Waals surface area contributed by atoms with Crippen molar-refractivity contribution in [1.29, 1.82) is 0 Å². The van der Waals surface area contributed by atoms with Gasteiger partial charge < -0.3 is 15.6 Å². The van der Waals surface area contributed by atoms with Gasteiger partial charge in [-0.2, -0.15) is 0 Å². The van der Waals surface area contributed by atoms with Crippen molar-refractivity contribution in [3.8, 4) is 0 Å². The number of hydrogen-bond donors (Lipinski definition) is 2. The molecule has 6 nitrogen and oxygen atoms in total. The second-order valence-corrected chi connectivity index (χ2v) is 5.40. The van der Waals surface area contributed by atoms with Crippen LogP contribution < -0.4 is 22.3 Å². The van der Waals surface area contributed by atoms with Crippen LogP contribution in [0.3, 0.4) is 0 Å². The summed E-state index contributed by atoms with van der Waals surface area (Å²) in [5, 5.41) is 3.39. The molecule has 3 N–H and O–H groups in total. The summed E-state index contributed by atoms with van der Waals surface area (Å²) in [7, 11) is 3.17. The van der Waals surface area contributed by atoms with Crippen molar-refractivity contribution in [1.82, 2.24) is 14.5 Å². The standard InChI is InChI=1S/C13H22N4O2/c1-16-8-9(12(18)17(2)13(16)19)7-15-11-5-3-10(14)4-6-11/h8,10-11,15H,3-7,14H2,1-2H3. The summed E-state index contributed by atoms with van der Waals surface area (Å²) in [6.07, 6.45) is 5.78. The molecule has 0 radical (unpaired) electrons. The number of nitrogens with two attached hydrogens (primary N) is 1. The molecule has 1 fully saturated rings. The third kappa shape index (κ3) is 3.13. The summed E-state index contributed by atoms with van der Waals surface area (Å²) < 4.78 is 2.59. The van der Waals surface area contributed by atoms with Gasteiger partial charge in [0.05, 0.1) is 0 Å². The van der Waals surface area contributed by atoms with Crippen molar-refractivity contribution in [2.45, 2.75) is 44.3 Å². The molecule has 1 saturated carbocycles. The lowest BCUT2D eigenvalue weighted by Crippen LogP contribution is -2.42. The van der Waals surface area contributed by atoms with Crippen LogP contribution in [0.1, 0.15) is 31.2 Å². The Morgan fingerprint density at radius 1 is 1.26 bits per heavy atom. The quantitative estimate of drug-likeness (QED) is 0.768. The molecule has 106 valence electrons. The van der Waals surface area contributed by atoms with E-state index in [1.807, 2.05) is 0 Å². The van der Waals surface area contributed by atoms with Gasteiger partial charge in [0.25, 0.3) is 5.56 Å². The maximum absolute atomic E-state index is 12.0. The molecule has 0 aromatic carbocycles. The first kappa shape index (κ1) is 14.0. The number of nitrogens with one attached hydrogen (secondary N) is 1. The maximum atomic E-state index is 12.0. The molecular weight excluding hydrogens is 244 g/mol. The molecule has 0 atom stereocenters. The zero-order valence-corrected chi connectivity index (χ0v) is 11.6. The zero-order valence-electron chi connectivity index (χ0n) is 11.6. The number of rotatable bonds is 3. The van der Waals surface area contributed by atoms with Crippen molar-refractivity contribution in [3.05, 3.63) is 32.6 Å². The molecule has 1 aromatic rings. The molecule has 0 amide bonds. The topological polar surface area (TPSA) is 82.1 Å². The SMILES string of the molecule is Cn1cc(CNC2CCC(N)CC2)c(=O)n(C)c1=O. The van der Waals surface area contributed by atoms with Crippen molar-refractivity contribution in [2.24, 2.45) is 19.8 Å². The first-order valence-corrected chi connectivity index (χ1v) is 6.73. The van der Waals surface area contributed by atoms with Crippen molar-refractivity contribution in [2.75, 3.05) is 0 Å². The normalized spacial score (nSPS) is 23.5. The van der Waals surface area contributed by atoms with Gasteiger partial charge in [-0.1, -0.05) is 0 Å². The summed E-state index contributed by atoms with van der Waals surface area (Å²) in [4.78, 5) is 23.5. The third-order valence-corrected chi connectivity index (χ3v) is 3.87. The molecule has 1 aromatic heterocycles. The molecule has 19 heavy (non-hydrogen) atoms. The van der Waals surface area contributed by atoms with Gasteiger partial charge in [-0.25, -0.2) is 4.79 Å². The minimum atomic E-state index is -0.294. The average Bonchev–Trinajstić information content (AvgIpc) is 2.41. The van der Waals surface area contributed by atoms with Crippen LogP contribution in [0.4, 0.5) is 0 Å². The number of aromatic nitrogens is 2. The minimum Gasteiger partial charge on any atom is -0.328 e. The smallest absolute Gasteiger partial charge is 0.328 e. The molecule has 0 aliphatic heterocycles. The monoisotopic (exact) mass is 266 g/mol. The molecular formula is C13H22N4O2. The molecule has 0 saturated heterocycles. The molecule has 2 rings (SSSR count). The van der Waals surface area contributed by atoms with Crippen LogP contribution in [0.25, 0.3) is 0 Å². The maximum Gasteiger partial charge on any atom is 0.330 e. The fourth-order valence-corrected chi connectivity index (χ4v) is 2.58. The van der Waals surface area contributed by atoms with Crippen molar-refractivity contribution in [3.63, 3.8) is 0 Å². The van der Waals surface area contributed by atoms with Gasteiger partial charge in [-0.15, -0.1) is 0 Å². The first-order valence-electron chi connectivity index (χ1n) is 6.73. The van der Waals surface area contributed by atoms with E-state index in [1.54, 1.807) is 13.2 Å². The minimum absolute atomic E-state index is 0.219. The Balaban J connectivity index is 2.04. The highest BCUT2D eigenvalue weighted by molar-refractivity contribution is 5.05. The first-order chi connectivity index (χ1) is 8.99. The van der Waals surface area contributed by atoms with Gasteiger partial charge >= 0.3 is 5.69 Å². The number of aryl methyl sites for hydroxylation is 1. The molecule has 0 bridgehead atoms. The highest BCUT2D eigenvalue weighted by Crippen LogP contribution is 2.16. The van der Waals surface area contributed by atoms with Crippen LogP contribution in [-0.4, -0.2) is 21.2 Å². The van der Waals surface area contributed by atoms with Crippen LogP contribution in [0.15, 0.2) is 15.8 Å². The predicted octanol–water partition coefficient (Wildman–Crippen LogP) is -0.556. The van der Waals surface area contributed by atoms with E-state index < -0.39 is 0 Å². The lowest BCUT2D eigenvalue weighted by molar-refractivity contribution is 0.341. The van der Waals surface area contributed by atoms with Crippen molar-refractivity contribution >= 4 is 0 Å². The second-order valence-electron chi connectivity index (χ2n) is 5.40. The zero-order chi connectivity index (χ0) is 14.0. The van der Waals surface area contributed by atoms with Crippen LogP contribution in [-0.2, 0) is 20.6 Å². The third-order valence-electron chi connectivity index (χ3n) is 3.87. The Hall–Kier alpha value is -1.40. The van der Waals surface area contributed by atoms with Gasteiger partial charge in [0, 0.05) is 44.5 Å². The van der Waals surface area contributed by atoms with E-state index in [1.165, 1.54) is 11.6 Å². The lowest BCUT2D eigenvalue weighted by Gasteiger charge is -2.26. The van der Waals surface area contributed by atoms with E-state index in [4.69, 9.17) is 5.73 Å². The van der Waals surface area contributed by atoms with Gasteiger partial charge in [0.1, 0.15) is 0 Å². The summed E-state index contributed by atoms with van der Waals surface area (Å²) in [5.41, 5.74) is 5.98. The Labute approximate surface area is 112 Å². The summed E-state index contributed by atoms with van der Waals surface area (Å²) in [6, 6.07) is 0.741. The summed E-state index contributed by atoms with van der Waals surface area (Å²) in [6.45, 7) is 0.501. The van der Waals surface area contributed by atoms with Crippen LogP contribution in [0.5, 0.6) is 0 Å². The Kier molecular flexibility index (Phi) is 4.21. The molecule has 0 spiro atoms. The molecule has 0 unspecified atom stereocenters. The van der Waals surface area contributed by atoms with Gasteiger partial charge in [0.15, 0.2) is 0 Å². The Morgan fingerprint density at radius 3 is 2.53 bits per heavy atom. The van der Waals surface area contributed by atoms with E-state index in [-0.39, 0.29) is 11.2 Å². The fraction of sp³-hybridized carbons (Fsp3) is 0.692. The van der Waals surface area contributed by atoms with Gasteiger partial charge in [-0.05, 0) is 25.7 Å². The van der Waals surface area contributed by atoms with Crippen molar-refractivity contribution < 1.29 is 0 Å².